The van der Waals surface area contributed by atoms with E-state index in [0.29, 0.717) is 6.61 Å². The zero-order valence-corrected chi connectivity index (χ0v) is 12.5. The van der Waals surface area contributed by atoms with E-state index in [0.717, 1.165) is 17.7 Å². The average Bonchev–Trinajstić information content (AvgIpc) is 2.46. The Hall–Kier alpha value is -2.44. The molecule has 116 valence electrons. The van der Waals surface area contributed by atoms with Gasteiger partial charge in [0.15, 0.2) is 11.5 Å². The minimum atomic E-state index is -1.68. The number of rotatable bonds is 3. The second kappa shape index (κ2) is 5.40. The van der Waals surface area contributed by atoms with E-state index in [1.165, 1.54) is 13.8 Å². The van der Waals surface area contributed by atoms with Crippen molar-refractivity contribution in [3.8, 4) is 5.75 Å². The summed E-state index contributed by atoms with van der Waals surface area (Å²) in [7, 11) is 0. The lowest BCUT2D eigenvalue weighted by Crippen LogP contribution is -2.23. The van der Waals surface area contributed by atoms with E-state index in [-0.39, 0.29) is 23.8 Å². The Labute approximate surface area is 128 Å². The number of nitrogens with two attached hydrogens (primary N) is 1. The summed E-state index contributed by atoms with van der Waals surface area (Å²) in [5, 5.41) is 3.20. The highest BCUT2D eigenvalue weighted by Gasteiger charge is 2.26. The predicted molar refractivity (Wildman–Crippen MR) is 81.3 cm³/mol. The van der Waals surface area contributed by atoms with E-state index in [2.05, 4.69) is 20.3 Å². The summed E-state index contributed by atoms with van der Waals surface area (Å²) in [5.74, 6) is 1.12. The highest BCUT2D eigenvalue weighted by molar-refractivity contribution is 5.43. The molecule has 1 aliphatic heterocycles. The maximum absolute atomic E-state index is 14.0. The third kappa shape index (κ3) is 2.93. The van der Waals surface area contributed by atoms with E-state index >= 15 is 0 Å². The van der Waals surface area contributed by atoms with Gasteiger partial charge in [-0.15, -0.1) is 0 Å². The molecule has 0 saturated heterocycles. The molecule has 2 aromatic rings. The Morgan fingerprint density at radius 2 is 2.05 bits per heavy atom. The minimum absolute atomic E-state index is 0.00132. The first-order valence-electron chi connectivity index (χ1n) is 7.13. The number of anilines is 2. The fourth-order valence-electron chi connectivity index (χ4n) is 2.37. The molecule has 0 aliphatic carbocycles. The van der Waals surface area contributed by atoms with Gasteiger partial charge in [-0.05, 0) is 19.9 Å². The third-order valence-electron chi connectivity index (χ3n) is 3.45. The third-order valence-corrected chi connectivity index (χ3v) is 3.45. The van der Waals surface area contributed by atoms with Gasteiger partial charge in [0.25, 0.3) is 0 Å². The number of aromatic nitrogens is 3. The molecule has 1 aromatic carbocycles. The van der Waals surface area contributed by atoms with Gasteiger partial charge in [-0.25, -0.2) is 4.39 Å². The zero-order valence-electron chi connectivity index (χ0n) is 12.5. The second-order valence-electron chi connectivity index (χ2n) is 5.69. The van der Waals surface area contributed by atoms with E-state index < -0.39 is 5.67 Å². The van der Waals surface area contributed by atoms with Crippen LogP contribution >= 0.6 is 0 Å². The zero-order chi connectivity index (χ0) is 15.7. The molecule has 0 spiro atoms. The number of hydrogen-bond acceptors (Lipinski definition) is 6. The van der Waals surface area contributed by atoms with Crippen molar-refractivity contribution in [3.05, 3.63) is 35.7 Å². The molecule has 1 aromatic heterocycles. The van der Waals surface area contributed by atoms with Gasteiger partial charge in [0, 0.05) is 12.0 Å². The van der Waals surface area contributed by atoms with Crippen molar-refractivity contribution >= 4 is 11.9 Å². The number of benzene rings is 1. The molecule has 3 rings (SSSR count). The number of nitrogens with zero attached hydrogens (tertiary/aromatic N) is 3. The SMILES string of the molecule is CC(C)(F)c1nc(N)nc(N[C@H]2CCOc3ccccc32)n1. The molecule has 0 fully saturated rings. The minimum Gasteiger partial charge on any atom is -0.493 e. The molecule has 1 atom stereocenters. The van der Waals surface area contributed by atoms with Crippen LogP contribution in [0.2, 0.25) is 0 Å². The molecular formula is C15H18FN5O. The number of fused-ring (bicyclic) bond motifs is 1. The van der Waals surface area contributed by atoms with Crippen molar-refractivity contribution in [2.75, 3.05) is 17.7 Å². The number of alkyl halides is 1. The fraction of sp³-hybridized carbons (Fsp3) is 0.400. The normalized spacial score (nSPS) is 17.5. The first kappa shape index (κ1) is 14.5. The average molecular weight is 303 g/mol. The Kier molecular flexibility index (Phi) is 3.56. The lowest BCUT2D eigenvalue weighted by atomic mass is 10.0. The lowest BCUT2D eigenvalue weighted by molar-refractivity contribution is 0.206. The number of para-hydroxylation sites is 1. The summed E-state index contributed by atoms with van der Waals surface area (Å²) >= 11 is 0. The molecule has 2 heterocycles. The van der Waals surface area contributed by atoms with Crippen LogP contribution in [0.15, 0.2) is 24.3 Å². The summed E-state index contributed by atoms with van der Waals surface area (Å²) in [5.41, 5.74) is 5.00. The van der Waals surface area contributed by atoms with E-state index in [1.807, 2.05) is 24.3 Å². The summed E-state index contributed by atoms with van der Waals surface area (Å²) in [4.78, 5) is 12.1. The summed E-state index contributed by atoms with van der Waals surface area (Å²) < 4.78 is 19.7. The van der Waals surface area contributed by atoms with E-state index in [4.69, 9.17) is 10.5 Å². The smallest absolute Gasteiger partial charge is 0.228 e. The number of nitrogens with one attached hydrogen (secondary N) is 1. The maximum Gasteiger partial charge on any atom is 0.228 e. The quantitative estimate of drug-likeness (QED) is 0.906. The van der Waals surface area contributed by atoms with Crippen molar-refractivity contribution in [2.45, 2.75) is 32.0 Å². The molecule has 3 N–H and O–H groups in total. The van der Waals surface area contributed by atoms with Crippen LogP contribution in [0.4, 0.5) is 16.3 Å². The van der Waals surface area contributed by atoms with Crippen LogP contribution in [0.25, 0.3) is 0 Å². The van der Waals surface area contributed by atoms with Crippen LogP contribution in [0.1, 0.15) is 37.7 Å². The van der Waals surface area contributed by atoms with Gasteiger partial charge < -0.3 is 15.8 Å². The Balaban J connectivity index is 1.90. The van der Waals surface area contributed by atoms with Crippen LogP contribution in [0.5, 0.6) is 5.75 Å². The van der Waals surface area contributed by atoms with Crippen molar-refractivity contribution in [3.63, 3.8) is 0 Å². The molecule has 22 heavy (non-hydrogen) atoms. The van der Waals surface area contributed by atoms with E-state index in [1.54, 1.807) is 0 Å². The molecule has 0 radical (unpaired) electrons. The maximum atomic E-state index is 14.0. The van der Waals surface area contributed by atoms with Crippen LogP contribution in [-0.2, 0) is 5.67 Å². The van der Waals surface area contributed by atoms with Crippen molar-refractivity contribution in [1.82, 2.24) is 15.0 Å². The number of nitrogen functional groups attached to an aromatic ring is 1. The first-order chi connectivity index (χ1) is 10.4. The van der Waals surface area contributed by atoms with Gasteiger partial charge in [-0.1, -0.05) is 18.2 Å². The van der Waals surface area contributed by atoms with Crippen LogP contribution in [-0.4, -0.2) is 21.6 Å². The van der Waals surface area contributed by atoms with E-state index in [9.17, 15) is 4.39 Å². The number of hydrogen-bond donors (Lipinski definition) is 2. The van der Waals surface area contributed by atoms with Crippen molar-refractivity contribution < 1.29 is 9.13 Å². The van der Waals surface area contributed by atoms with Crippen LogP contribution < -0.4 is 15.8 Å². The summed E-state index contributed by atoms with van der Waals surface area (Å²) in [6.45, 7) is 3.36. The van der Waals surface area contributed by atoms with Gasteiger partial charge in [0.1, 0.15) is 5.75 Å². The van der Waals surface area contributed by atoms with Gasteiger partial charge in [0.2, 0.25) is 11.9 Å². The standard InChI is InChI=1S/C15H18FN5O/c1-15(2,16)12-19-13(17)21-14(20-12)18-10-7-8-22-11-6-4-3-5-9(10)11/h3-6,10H,7-8H2,1-2H3,(H3,17,18,19,20,21)/t10-/m0/s1. The molecule has 0 bridgehead atoms. The first-order valence-corrected chi connectivity index (χ1v) is 7.13. The number of halogens is 1. The molecule has 6 nitrogen and oxygen atoms in total. The van der Waals surface area contributed by atoms with Gasteiger partial charge in [0.05, 0.1) is 12.6 Å². The largest absolute Gasteiger partial charge is 0.493 e. The van der Waals surface area contributed by atoms with Crippen molar-refractivity contribution in [1.29, 1.82) is 0 Å². The lowest BCUT2D eigenvalue weighted by Gasteiger charge is -2.26. The highest BCUT2D eigenvalue weighted by atomic mass is 19.1. The molecule has 0 amide bonds. The Bertz CT molecular complexity index is 686. The van der Waals surface area contributed by atoms with Crippen molar-refractivity contribution in [2.24, 2.45) is 0 Å². The van der Waals surface area contributed by atoms with Gasteiger partial charge >= 0.3 is 0 Å². The monoisotopic (exact) mass is 303 g/mol. The number of ether oxygens (including phenoxy) is 1. The van der Waals surface area contributed by atoms with Gasteiger partial charge in [-0.2, -0.15) is 15.0 Å². The van der Waals surface area contributed by atoms with Crippen LogP contribution in [0.3, 0.4) is 0 Å². The Morgan fingerprint density at radius 3 is 2.82 bits per heavy atom. The fourth-order valence-corrected chi connectivity index (χ4v) is 2.37. The summed E-state index contributed by atoms with van der Waals surface area (Å²) in [6, 6.07) is 7.76. The summed E-state index contributed by atoms with van der Waals surface area (Å²) in [6.07, 6.45) is 0.761. The van der Waals surface area contributed by atoms with Gasteiger partial charge in [-0.3, -0.25) is 0 Å². The molecule has 1 aliphatic rings. The highest BCUT2D eigenvalue weighted by Crippen LogP contribution is 2.33. The topological polar surface area (TPSA) is 86.0 Å². The van der Waals surface area contributed by atoms with Crippen LogP contribution in [0, 0.1) is 0 Å². The molecule has 0 unspecified atom stereocenters. The molecular weight excluding hydrogens is 285 g/mol. The predicted octanol–water partition coefficient (Wildman–Crippen LogP) is 2.59. The molecule has 7 heteroatoms. The Morgan fingerprint density at radius 1 is 1.27 bits per heavy atom. The second-order valence-corrected chi connectivity index (χ2v) is 5.69. The molecule has 0 saturated carbocycles.